The molecule has 0 aromatic carbocycles. The fourth-order valence-electron chi connectivity index (χ4n) is 0.697. The van der Waals surface area contributed by atoms with Gasteiger partial charge in [-0.2, -0.15) is 5.10 Å². The zero-order valence-corrected chi connectivity index (χ0v) is 6.16. The number of nitrogens with zero attached hydrogens (tertiary/aromatic N) is 2. The first-order chi connectivity index (χ1) is 5.52. The average molecular weight is 179 g/mol. The molecule has 5 nitrogen and oxygen atoms in total. The van der Waals surface area contributed by atoms with Crippen LogP contribution in [0.5, 0.6) is 0 Å². The van der Waals surface area contributed by atoms with Crippen LogP contribution in [0.4, 0.5) is 8.78 Å². The van der Waals surface area contributed by atoms with Gasteiger partial charge in [0, 0.05) is 7.05 Å². The first-order valence-corrected chi connectivity index (χ1v) is 3.11. The molecule has 1 aliphatic heterocycles. The van der Waals surface area contributed by atoms with Gasteiger partial charge in [0.15, 0.2) is 5.71 Å². The van der Waals surface area contributed by atoms with Crippen molar-refractivity contribution in [2.75, 3.05) is 7.05 Å². The van der Waals surface area contributed by atoms with Crippen LogP contribution in [0, 0.1) is 0 Å². The van der Waals surface area contributed by atoms with Crippen molar-refractivity contribution in [2.45, 2.75) is 12.8 Å². The molecule has 0 radical (unpaired) electrons. The highest BCUT2D eigenvalue weighted by Gasteiger charge is 2.30. The van der Waals surface area contributed by atoms with Crippen LogP contribution in [0.3, 0.4) is 0 Å². The molecule has 0 fully saturated rings. The van der Waals surface area contributed by atoms with Gasteiger partial charge >= 0.3 is 0 Å². The van der Waals surface area contributed by atoms with Gasteiger partial charge in [0.05, 0.1) is 0 Å². The van der Waals surface area contributed by atoms with E-state index in [0.717, 1.165) is 5.01 Å². The van der Waals surface area contributed by atoms with Crippen LogP contribution >= 0.6 is 0 Å². The van der Waals surface area contributed by atoms with Gasteiger partial charge in [0.1, 0.15) is 0 Å². The third kappa shape index (κ3) is 1.50. The summed E-state index contributed by atoms with van der Waals surface area (Å²) in [5, 5.41) is 14.8. The second kappa shape index (κ2) is 3.02. The molecule has 1 aliphatic rings. The minimum atomic E-state index is -2.93. The minimum Gasteiger partial charge on any atom is -0.355 e. The van der Waals surface area contributed by atoms with Crippen molar-refractivity contribution < 1.29 is 18.7 Å². The first kappa shape index (κ1) is 8.85. The van der Waals surface area contributed by atoms with E-state index >= 15 is 0 Å². The van der Waals surface area contributed by atoms with Crippen molar-refractivity contribution in [3.8, 4) is 0 Å². The van der Waals surface area contributed by atoms with Crippen LogP contribution in [0.15, 0.2) is 5.10 Å². The summed E-state index contributed by atoms with van der Waals surface area (Å²) in [7, 11) is 1.27. The minimum absolute atomic E-state index is 0.836. The third-order valence-electron chi connectivity index (χ3n) is 1.32. The maximum Gasteiger partial charge on any atom is 0.287 e. The molecule has 12 heavy (non-hydrogen) atoms. The van der Waals surface area contributed by atoms with E-state index in [1.54, 1.807) is 0 Å². The van der Waals surface area contributed by atoms with E-state index in [1.807, 2.05) is 5.32 Å². The molecule has 2 N–H and O–H groups in total. The second-order valence-electron chi connectivity index (χ2n) is 2.21. The number of hydrogen-bond donors (Lipinski definition) is 2. The number of amides is 1. The molecular formula is C5H7F2N3O2. The third-order valence-corrected chi connectivity index (χ3v) is 1.32. The molecule has 0 aromatic heterocycles. The number of alkyl halides is 2. The summed E-state index contributed by atoms with van der Waals surface area (Å²) in [5.74, 6) is -1.05. The lowest BCUT2D eigenvalue weighted by molar-refractivity contribution is -0.124. The van der Waals surface area contributed by atoms with Gasteiger partial charge in [-0.25, -0.2) is 8.78 Å². The van der Waals surface area contributed by atoms with Crippen molar-refractivity contribution >= 4 is 11.6 Å². The highest BCUT2D eigenvalue weighted by molar-refractivity contribution is 6.40. The molecular weight excluding hydrogens is 172 g/mol. The molecule has 0 aromatic rings. The molecule has 68 valence electrons. The van der Waals surface area contributed by atoms with Crippen molar-refractivity contribution in [1.82, 2.24) is 10.3 Å². The van der Waals surface area contributed by atoms with Gasteiger partial charge in [-0.1, -0.05) is 0 Å². The number of carbonyl (C=O) groups excluding carboxylic acids is 1. The highest BCUT2D eigenvalue weighted by Crippen LogP contribution is 2.05. The second-order valence-corrected chi connectivity index (χ2v) is 2.21. The Hall–Kier alpha value is -1.24. The lowest BCUT2D eigenvalue weighted by Gasteiger charge is -2.26. The number of nitrogens with one attached hydrogen (secondary N) is 1. The lowest BCUT2D eigenvalue weighted by Crippen LogP contribution is -2.53. The summed E-state index contributed by atoms with van der Waals surface area (Å²) in [5.41, 5.74) is -0.886. The fraction of sp³-hybridized carbons (Fsp3) is 0.600. The van der Waals surface area contributed by atoms with Crippen molar-refractivity contribution in [2.24, 2.45) is 5.10 Å². The van der Waals surface area contributed by atoms with Gasteiger partial charge in [-0.15, -0.1) is 0 Å². The molecule has 0 spiro atoms. The number of aliphatic hydroxyl groups is 1. The molecule has 0 bridgehead atoms. The predicted molar refractivity (Wildman–Crippen MR) is 35.4 cm³/mol. The molecule has 1 atom stereocenters. The molecule has 0 saturated heterocycles. The highest BCUT2D eigenvalue weighted by atomic mass is 19.3. The summed E-state index contributed by atoms with van der Waals surface area (Å²) in [6.45, 7) is 0. The Morgan fingerprint density at radius 1 is 1.75 bits per heavy atom. The summed E-state index contributed by atoms with van der Waals surface area (Å²) in [6.07, 6.45) is -4.26. The first-order valence-electron chi connectivity index (χ1n) is 3.11. The van der Waals surface area contributed by atoms with Gasteiger partial charge in [-0.3, -0.25) is 9.80 Å². The molecule has 1 rings (SSSR count). The lowest BCUT2D eigenvalue weighted by atomic mass is 10.3. The number of carbonyl (C=O) groups is 1. The summed E-state index contributed by atoms with van der Waals surface area (Å²) in [6, 6.07) is 0. The van der Waals surface area contributed by atoms with Crippen LogP contribution in [0.2, 0.25) is 0 Å². The van der Waals surface area contributed by atoms with E-state index in [0.29, 0.717) is 0 Å². The van der Waals surface area contributed by atoms with Crippen molar-refractivity contribution in [3.05, 3.63) is 0 Å². The Kier molecular flexibility index (Phi) is 2.22. The predicted octanol–water partition coefficient (Wildman–Crippen LogP) is -1.06. The molecule has 0 aliphatic carbocycles. The Morgan fingerprint density at radius 3 is 2.83 bits per heavy atom. The van der Waals surface area contributed by atoms with Crippen LogP contribution in [0.25, 0.3) is 0 Å². The van der Waals surface area contributed by atoms with E-state index in [1.165, 1.54) is 7.05 Å². The van der Waals surface area contributed by atoms with Crippen molar-refractivity contribution in [3.63, 3.8) is 0 Å². The SMILES string of the molecule is CN1N=C(C(F)F)C(=O)NC1O. The molecule has 1 heterocycles. The number of aliphatic hydroxyl groups excluding tert-OH is 1. The summed E-state index contributed by atoms with van der Waals surface area (Å²) in [4.78, 5) is 10.7. The standard InChI is InChI=1S/C5H7F2N3O2/c1-10-5(12)8-4(11)2(9-10)3(6)7/h3,5,12H,1H3,(H,8,11). The Balaban J connectivity index is 2.86. The fourth-order valence-corrected chi connectivity index (χ4v) is 0.697. The smallest absolute Gasteiger partial charge is 0.287 e. The zero-order valence-electron chi connectivity index (χ0n) is 6.16. The van der Waals surface area contributed by atoms with E-state index in [9.17, 15) is 13.6 Å². The van der Waals surface area contributed by atoms with Crippen LogP contribution < -0.4 is 5.32 Å². The number of rotatable bonds is 1. The monoisotopic (exact) mass is 179 g/mol. The average Bonchev–Trinajstić information content (AvgIpc) is 1.96. The molecule has 1 unspecified atom stereocenters. The molecule has 1 amide bonds. The number of hydrogen-bond acceptors (Lipinski definition) is 4. The summed E-state index contributed by atoms with van der Waals surface area (Å²) >= 11 is 0. The zero-order chi connectivity index (χ0) is 9.30. The Morgan fingerprint density at radius 2 is 2.33 bits per heavy atom. The van der Waals surface area contributed by atoms with E-state index in [2.05, 4.69) is 5.10 Å². The number of halogens is 2. The van der Waals surface area contributed by atoms with Crippen LogP contribution in [-0.4, -0.2) is 41.6 Å². The van der Waals surface area contributed by atoms with Crippen LogP contribution in [-0.2, 0) is 4.79 Å². The number of hydrazone groups is 1. The largest absolute Gasteiger partial charge is 0.355 e. The van der Waals surface area contributed by atoms with Gasteiger partial charge in [0.2, 0.25) is 6.35 Å². The molecule has 0 saturated carbocycles. The quantitative estimate of drug-likeness (QED) is 0.539. The van der Waals surface area contributed by atoms with Gasteiger partial charge in [0.25, 0.3) is 12.3 Å². The van der Waals surface area contributed by atoms with Gasteiger partial charge in [-0.05, 0) is 0 Å². The topological polar surface area (TPSA) is 64.9 Å². The Bertz CT molecular complexity index is 231. The van der Waals surface area contributed by atoms with E-state index < -0.39 is 24.4 Å². The molecule has 7 heteroatoms. The van der Waals surface area contributed by atoms with Crippen LogP contribution in [0.1, 0.15) is 0 Å². The van der Waals surface area contributed by atoms with Crippen molar-refractivity contribution in [1.29, 1.82) is 0 Å². The maximum atomic E-state index is 12.0. The maximum absolute atomic E-state index is 12.0. The van der Waals surface area contributed by atoms with E-state index in [-0.39, 0.29) is 0 Å². The summed E-state index contributed by atoms with van der Waals surface area (Å²) < 4.78 is 23.9. The normalized spacial score (nSPS) is 24.1. The van der Waals surface area contributed by atoms with E-state index in [4.69, 9.17) is 5.11 Å². The Labute approximate surface area is 66.7 Å². The van der Waals surface area contributed by atoms with Gasteiger partial charge < -0.3 is 10.4 Å².